The monoisotopic (exact) mass is 194 g/mol. The van der Waals surface area contributed by atoms with E-state index in [1.54, 1.807) is 18.2 Å². The fraction of sp³-hybridized carbons (Fsp3) is 0.111. The minimum Gasteiger partial charge on any atom is -0.392 e. The minimum atomic E-state index is -0.151. The molecule has 1 aromatic carbocycles. The van der Waals surface area contributed by atoms with E-state index in [-0.39, 0.29) is 6.61 Å². The molecule has 0 fully saturated rings. The molecule has 0 saturated heterocycles. The Kier molecular flexibility index (Phi) is 3.63. The van der Waals surface area contributed by atoms with E-state index >= 15 is 0 Å². The summed E-state index contributed by atoms with van der Waals surface area (Å²) in [7, 11) is 0. The van der Waals surface area contributed by atoms with Crippen LogP contribution >= 0.6 is 0 Å². The first-order chi connectivity index (χ1) is 6.80. The van der Waals surface area contributed by atoms with E-state index in [4.69, 9.17) is 5.11 Å². The molecule has 0 spiro atoms. The van der Waals surface area contributed by atoms with Crippen LogP contribution in [0.15, 0.2) is 18.2 Å². The summed E-state index contributed by atoms with van der Waals surface area (Å²) in [5, 5.41) is 13.8. The molecule has 2 amide bonds. The van der Waals surface area contributed by atoms with E-state index in [1.807, 2.05) is 0 Å². The van der Waals surface area contributed by atoms with Crippen molar-refractivity contribution in [3.8, 4) is 0 Å². The van der Waals surface area contributed by atoms with Crippen molar-refractivity contribution in [3.05, 3.63) is 23.8 Å². The number of hydrogen-bond donors (Lipinski definition) is 3. The van der Waals surface area contributed by atoms with E-state index in [0.717, 1.165) is 0 Å². The van der Waals surface area contributed by atoms with E-state index in [0.29, 0.717) is 29.8 Å². The molecule has 0 saturated carbocycles. The van der Waals surface area contributed by atoms with Gasteiger partial charge in [0.2, 0.25) is 12.8 Å². The van der Waals surface area contributed by atoms with Crippen LogP contribution < -0.4 is 10.6 Å². The van der Waals surface area contributed by atoms with Crippen LogP contribution in [0.1, 0.15) is 5.56 Å². The number of carbonyl (C=O) groups is 2. The highest BCUT2D eigenvalue weighted by molar-refractivity contribution is 5.78. The Labute approximate surface area is 80.7 Å². The first-order valence-electron chi connectivity index (χ1n) is 3.95. The molecule has 5 heteroatoms. The summed E-state index contributed by atoms with van der Waals surface area (Å²) in [5.74, 6) is 0. The topological polar surface area (TPSA) is 78.4 Å². The van der Waals surface area contributed by atoms with Gasteiger partial charge < -0.3 is 15.7 Å². The Morgan fingerprint density at radius 1 is 1.07 bits per heavy atom. The van der Waals surface area contributed by atoms with Crippen LogP contribution in [0.25, 0.3) is 0 Å². The van der Waals surface area contributed by atoms with E-state index in [9.17, 15) is 9.59 Å². The summed E-state index contributed by atoms with van der Waals surface area (Å²) in [6.07, 6.45) is 1.06. The molecule has 0 aliphatic rings. The maximum atomic E-state index is 10.2. The number of nitrogens with one attached hydrogen (secondary N) is 2. The number of aliphatic hydroxyl groups excluding tert-OH is 1. The second-order valence-corrected chi connectivity index (χ2v) is 2.60. The number of rotatable bonds is 5. The fourth-order valence-electron chi connectivity index (χ4n) is 1.09. The molecule has 0 radical (unpaired) electrons. The quantitative estimate of drug-likeness (QED) is 0.590. The summed E-state index contributed by atoms with van der Waals surface area (Å²) in [6, 6.07) is 4.82. The van der Waals surface area contributed by atoms with Crippen molar-refractivity contribution in [2.24, 2.45) is 0 Å². The third kappa shape index (κ3) is 2.56. The zero-order chi connectivity index (χ0) is 10.4. The van der Waals surface area contributed by atoms with Crippen molar-refractivity contribution in [2.75, 3.05) is 10.6 Å². The van der Waals surface area contributed by atoms with Crippen molar-refractivity contribution in [1.29, 1.82) is 0 Å². The van der Waals surface area contributed by atoms with E-state index < -0.39 is 0 Å². The molecule has 1 aromatic rings. The molecular formula is C9H10N2O3. The van der Waals surface area contributed by atoms with Crippen LogP contribution in [0.3, 0.4) is 0 Å². The molecule has 14 heavy (non-hydrogen) atoms. The standard InChI is InChI=1S/C9H10N2O3/c12-4-7-1-8(10-5-13)3-9(2-7)11-6-14/h1-3,5-6,12H,4H2,(H,10,13)(H,11,14). The molecule has 0 aliphatic heterocycles. The van der Waals surface area contributed by atoms with Gasteiger partial charge in [-0.15, -0.1) is 0 Å². The van der Waals surface area contributed by atoms with Crippen LogP contribution in [0, 0.1) is 0 Å². The maximum absolute atomic E-state index is 10.2. The summed E-state index contributed by atoms with van der Waals surface area (Å²) in [5.41, 5.74) is 1.66. The number of aliphatic hydroxyl groups is 1. The third-order valence-corrected chi connectivity index (χ3v) is 1.63. The Morgan fingerprint density at radius 3 is 1.93 bits per heavy atom. The lowest BCUT2D eigenvalue weighted by atomic mass is 10.2. The number of anilines is 2. The first kappa shape index (κ1) is 10.2. The molecule has 0 bridgehead atoms. The Bertz CT molecular complexity index is 311. The largest absolute Gasteiger partial charge is 0.392 e. The highest BCUT2D eigenvalue weighted by Crippen LogP contribution is 2.18. The van der Waals surface area contributed by atoms with Gasteiger partial charge in [-0.3, -0.25) is 9.59 Å². The van der Waals surface area contributed by atoms with Crippen LogP contribution in [0.5, 0.6) is 0 Å². The van der Waals surface area contributed by atoms with Crippen LogP contribution in [-0.4, -0.2) is 17.9 Å². The first-order valence-corrected chi connectivity index (χ1v) is 3.95. The molecule has 5 nitrogen and oxygen atoms in total. The molecule has 0 aliphatic carbocycles. The lowest BCUT2D eigenvalue weighted by Gasteiger charge is -2.06. The Balaban J connectivity index is 2.99. The summed E-state index contributed by atoms with van der Waals surface area (Å²) < 4.78 is 0. The second kappa shape index (κ2) is 4.98. The van der Waals surface area contributed by atoms with Gasteiger partial charge >= 0.3 is 0 Å². The predicted molar refractivity (Wildman–Crippen MR) is 51.7 cm³/mol. The van der Waals surface area contributed by atoms with Gasteiger partial charge in [0.1, 0.15) is 0 Å². The van der Waals surface area contributed by atoms with Gasteiger partial charge in [0.25, 0.3) is 0 Å². The predicted octanol–water partition coefficient (Wildman–Crippen LogP) is 0.315. The fourth-order valence-corrected chi connectivity index (χ4v) is 1.09. The number of benzene rings is 1. The average molecular weight is 194 g/mol. The lowest BCUT2D eigenvalue weighted by molar-refractivity contribution is -0.106. The Morgan fingerprint density at radius 2 is 1.57 bits per heavy atom. The molecule has 74 valence electrons. The smallest absolute Gasteiger partial charge is 0.211 e. The van der Waals surface area contributed by atoms with Crippen LogP contribution in [0.4, 0.5) is 11.4 Å². The van der Waals surface area contributed by atoms with E-state index in [2.05, 4.69) is 10.6 Å². The molecule has 0 heterocycles. The molecular weight excluding hydrogens is 184 g/mol. The van der Waals surface area contributed by atoms with Gasteiger partial charge in [-0.1, -0.05) is 0 Å². The lowest BCUT2D eigenvalue weighted by Crippen LogP contribution is -1.99. The van der Waals surface area contributed by atoms with E-state index in [1.165, 1.54) is 0 Å². The van der Waals surface area contributed by atoms with Gasteiger partial charge in [-0.25, -0.2) is 0 Å². The van der Waals surface area contributed by atoms with Gasteiger partial charge in [0.05, 0.1) is 6.61 Å². The molecule has 3 N–H and O–H groups in total. The number of carbonyl (C=O) groups excluding carboxylic acids is 2. The van der Waals surface area contributed by atoms with Crippen molar-refractivity contribution in [2.45, 2.75) is 6.61 Å². The molecule has 0 unspecified atom stereocenters. The Hall–Kier alpha value is -1.88. The zero-order valence-electron chi connectivity index (χ0n) is 7.36. The molecule has 0 atom stereocenters. The van der Waals surface area contributed by atoms with Crippen molar-refractivity contribution < 1.29 is 14.7 Å². The van der Waals surface area contributed by atoms with Gasteiger partial charge in [0.15, 0.2) is 0 Å². The van der Waals surface area contributed by atoms with Crippen molar-refractivity contribution in [3.63, 3.8) is 0 Å². The maximum Gasteiger partial charge on any atom is 0.211 e. The van der Waals surface area contributed by atoms with Crippen molar-refractivity contribution >= 4 is 24.2 Å². The highest BCUT2D eigenvalue weighted by Gasteiger charge is 1.99. The van der Waals surface area contributed by atoms with Crippen molar-refractivity contribution in [1.82, 2.24) is 0 Å². The highest BCUT2D eigenvalue weighted by atomic mass is 16.3. The third-order valence-electron chi connectivity index (χ3n) is 1.63. The van der Waals surface area contributed by atoms with Crippen LogP contribution in [-0.2, 0) is 16.2 Å². The second-order valence-electron chi connectivity index (χ2n) is 2.60. The van der Waals surface area contributed by atoms with Gasteiger partial charge in [-0.05, 0) is 23.8 Å². The van der Waals surface area contributed by atoms with Gasteiger partial charge in [-0.2, -0.15) is 0 Å². The average Bonchev–Trinajstić information content (AvgIpc) is 2.18. The molecule has 0 aromatic heterocycles. The normalized spacial score (nSPS) is 9.21. The van der Waals surface area contributed by atoms with Gasteiger partial charge in [0, 0.05) is 11.4 Å². The minimum absolute atomic E-state index is 0.151. The summed E-state index contributed by atoms with van der Waals surface area (Å²) >= 11 is 0. The van der Waals surface area contributed by atoms with Crippen LogP contribution in [0.2, 0.25) is 0 Å². The number of hydrogen-bond acceptors (Lipinski definition) is 3. The summed E-state index contributed by atoms with van der Waals surface area (Å²) in [6.45, 7) is -0.151. The molecule has 1 rings (SSSR count). The summed E-state index contributed by atoms with van der Waals surface area (Å²) in [4.78, 5) is 20.4. The zero-order valence-corrected chi connectivity index (χ0v) is 7.36. The SMILES string of the molecule is O=CNc1cc(CO)cc(NC=O)c1. The number of amides is 2.